The molecule has 0 bridgehead atoms. The molecule has 4 aromatic heterocycles. The van der Waals surface area contributed by atoms with Crippen molar-refractivity contribution in [2.24, 2.45) is 5.41 Å². The van der Waals surface area contributed by atoms with Gasteiger partial charge >= 0.3 is 0 Å². The van der Waals surface area contributed by atoms with Gasteiger partial charge < -0.3 is 14.4 Å². The molecule has 51 heavy (non-hydrogen) atoms. The van der Waals surface area contributed by atoms with Crippen LogP contribution in [0.15, 0.2) is 114 Å². The Balaban J connectivity index is 0.000000202. The first-order valence-electron chi connectivity index (χ1n) is 17.1. The molecule has 4 aromatic carbocycles. The number of aryl methyl sites for hydroxylation is 3. The fraction of sp³-hybridized carbons (Fsp3) is 0.196. The van der Waals surface area contributed by atoms with Crippen molar-refractivity contribution in [3.8, 4) is 33.6 Å². The molecule has 8 rings (SSSR count). The van der Waals surface area contributed by atoms with Gasteiger partial charge in [-0.1, -0.05) is 81.1 Å². The van der Waals surface area contributed by atoms with Gasteiger partial charge in [-0.15, -0.1) is 53.6 Å². The zero-order chi connectivity index (χ0) is 35.0. The van der Waals surface area contributed by atoms with Crippen LogP contribution >= 0.6 is 0 Å². The molecule has 0 aliphatic rings. The second kappa shape index (κ2) is 14.7. The number of nitrogens with zero attached hydrogens (tertiary/aromatic N) is 3. The Morgan fingerprint density at radius 3 is 2.27 bits per heavy atom. The van der Waals surface area contributed by atoms with Crippen molar-refractivity contribution in [1.82, 2.24) is 15.0 Å². The van der Waals surface area contributed by atoms with Crippen molar-refractivity contribution in [1.29, 1.82) is 0 Å². The van der Waals surface area contributed by atoms with Crippen LogP contribution in [0.2, 0.25) is 0 Å². The van der Waals surface area contributed by atoms with E-state index < -0.39 is 0 Å². The minimum atomic E-state index is 0. The van der Waals surface area contributed by atoms with Crippen LogP contribution in [0.3, 0.4) is 0 Å². The van der Waals surface area contributed by atoms with Crippen LogP contribution in [-0.4, -0.2) is 15.0 Å². The van der Waals surface area contributed by atoms with Crippen LogP contribution in [0.1, 0.15) is 48.6 Å². The number of benzene rings is 4. The number of rotatable bonds is 4. The molecule has 0 unspecified atom stereocenters. The molecule has 4 nitrogen and oxygen atoms in total. The molecular weight excluding hydrogens is 803 g/mol. The molecule has 0 amide bonds. The Kier molecular flexibility index (Phi) is 10.3. The first-order valence-corrected chi connectivity index (χ1v) is 17.1. The molecule has 257 valence electrons. The van der Waals surface area contributed by atoms with E-state index in [4.69, 9.17) is 4.42 Å². The summed E-state index contributed by atoms with van der Waals surface area (Å²) in [5.74, 6) is 0. The maximum absolute atomic E-state index is 6.66. The zero-order valence-corrected chi connectivity index (χ0v) is 32.6. The third-order valence-corrected chi connectivity index (χ3v) is 9.25. The molecular formula is C46H41IrN3O-2. The predicted molar refractivity (Wildman–Crippen MR) is 207 cm³/mol. The summed E-state index contributed by atoms with van der Waals surface area (Å²) < 4.78 is 6.66. The van der Waals surface area contributed by atoms with Crippen LogP contribution in [0.4, 0.5) is 0 Å². The number of hydrogen-bond acceptors (Lipinski definition) is 4. The second-order valence-electron chi connectivity index (χ2n) is 14.4. The van der Waals surface area contributed by atoms with Gasteiger partial charge in [0.25, 0.3) is 0 Å². The normalized spacial score (nSPS) is 11.4. The monoisotopic (exact) mass is 844 g/mol. The third-order valence-electron chi connectivity index (χ3n) is 9.25. The van der Waals surface area contributed by atoms with Crippen LogP contribution < -0.4 is 0 Å². The van der Waals surface area contributed by atoms with E-state index in [0.29, 0.717) is 5.41 Å². The SMILES string of the molecule is Cc1c[c-]c(-c2ccc(CC(C)(C)C)cn2)cc1.Cc1cc2ccncc2c(-c2ccc(C)c3c2oc2c(-c4ccccn4)[c-]ccc23)c1C.[Ir]. The van der Waals surface area contributed by atoms with E-state index in [1.54, 1.807) is 6.20 Å². The molecule has 0 aliphatic heterocycles. The van der Waals surface area contributed by atoms with E-state index >= 15 is 0 Å². The Morgan fingerprint density at radius 2 is 1.57 bits per heavy atom. The molecule has 0 N–H and O–H groups in total. The maximum Gasteiger partial charge on any atom is 0.129 e. The summed E-state index contributed by atoms with van der Waals surface area (Å²) in [7, 11) is 0. The number of hydrogen-bond donors (Lipinski definition) is 0. The van der Waals surface area contributed by atoms with Crippen LogP contribution in [0.5, 0.6) is 0 Å². The van der Waals surface area contributed by atoms with E-state index in [1.807, 2.05) is 48.9 Å². The Morgan fingerprint density at radius 1 is 0.725 bits per heavy atom. The Hall–Kier alpha value is -4.96. The van der Waals surface area contributed by atoms with E-state index in [2.05, 4.69) is 130 Å². The fourth-order valence-electron chi connectivity index (χ4n) is 6.70. The molecule has 4 heterocycles. The van der Waals surface area contributed by atoms with Crippen LogP contribution in [0, 0.1) is 45.2 Å². The van der Waals surface area contributed by atoms with Gasteiger partial charge in [-0.3, -0.25) is 4.98 Å². The van der Waals surface area contributed by atoms with Gasteiger partial charge in [0.1, 0.15) is 5.58 Å². The average molecular weight is 844 g/mol. The van der Waals surface area contributed by atoms with Gasteiger partial charge in [-0.05, 0) is 89.3 Å². The van der Waals surface area contributed by atoms with Gasteiger partial charge in [0, 0.05) is 61.2 Å². The Bertz CT molecular complexity index is 2460. The summed E-state index contributed by atoms with van der Waals surface area (Å²) in [6.45, 7) is 15.3. The molecule has 0 spiro atoms. The molecule has 8 aromatic rings. The van der Waals surface area contributed by atoms with Gasteiger partial charge in [0.15, 0.2) is 0 Å². The summed E-state index contributed by atoms with van der Waals surface area (Å²) in [6, 6.07) is 35.7. The smallest absolute Gasteiger partial charge is 0.129 e. The van der Waals surface area contributed by atoms with Gasteiger partial charge in [-0.2, -0.15) is 0 Å². The number of furan rings is 1. The fourth-order valence-corrected chi connectivity index (χ4v) is 6.70. The molecule has 1 radical (unpaired) electrons. The van der Waals surface area contributed by atoms with Crippen LogP contribution in [0.25, 0.3) is 66.4 Å². The predicted octanol–water partition coefficient (Wildman–Crippen LogP) is 12.0. The summed E-state index contributed by atoms with van der Waals surface area (Å²) in [4.78, 5) is 13.5. The third kappa shape index (κ3) is 7.42. The molecule has 0 aliphatic carbocycles. The second-order valence-corrected chi connectivity index (χ2v) is 14.4. The summed E-state index contributed by atoms with van der Waals surface area (Å²) in [5, 5.41) is 4.55. The van der Waals surface area contributed by atoms with Crippen molar-refractivity contribution < 1.29 is 24.5 Å². The van der Waals surface area contributed by atoms with Gasteiger partial charge in [-0.25, -0.2) is 0 Å². The molecule has 5 heteroatoms. The standard InChI is InChI=1S/C29H21N2O.C17H20N.Ir/c1-17-10-11-23(27-19(3)18(2)15-20-12-14-30-16-24(20)27)29-26(17)22-8-6-7-21(28(22)32-29)25-9-4-5-13-31-25;1-13-5-8-15(9-6-13)16-10-7-14(12-18-16)11-17(2,3)4;/h4-6,8-16H,1-3H3;5-8,10,12H,11H2,1-4H3;/q2*-1;. The first kappa shape index (κ1) is 35.9. The minimum absolute atomic E-state index is 0. The van der Waals surface area contributed by atoms with Crippen molar-refractivity contribution >= 4 is 32.7 Å². The summed E-state index contributed by atoms with van der Waals surface area (Å²) in [5.41, 5.74) is 14.3. The molecule has 0 saturated heterocycles. The Labute approximate surface area is 314 Å². The molecule has 0 atom stereocenters. The average Bonchev–Trinajstić information content (AvgIpc) is 3.51. The van der Waals surface area contributed by atoms with Crippen molar-refractivity contribution in [3.05, 3.63) is 150 Å². The number of pyridine rings is 3. The van der Waals surface area contributed by atoms with Crippen molar-refractivity contribution in [2.45, 2.75) is 54.9 Å². The van der Waals surface area contributed by atoms with E-state index in [0.717, 1.165) is 61.8 Å². The van der Waals surface area contributed by atoms with Crippen LogP contribution in [-0.2, 0) is 26.5 Å². The number of fused-ring (bicyclic) bond motifs is 4. The van der Waals surface area contributed by atoms with E-state index in [1.165, 1.54) is 38.8 Å². The zero-order valence-electron chi connectivity index (χ0n) is 30.2. The summed E-state index contributed by atoms with van der Waals surface area (Å²) >= 11 is 0. The molecule has 0 saturated carbocycles. The van der Waals surface area contributed by atoms with Crippen molar-refractivity contribution in [3.63, 3.8) is 0 Å². The number of aromatic nitrogens is 3. The van der Waals surface area contributed by atoms with E-state index in [9.17, 15) is 0 Å². The maximum atomic E-state index is 6.66. The van der Waals surface area contributed by atoms with Gasteiger partial charge in [0.05, 0.1) is 5.58 Å². The van der Waals surface area contributed by atoms with Crippen molar-refractivity contribution in [2.75, 3.05) is 0 Å². The summed E-state index contributed by atoms with van der Waals surface area (Å²) in [6.07, 6.45) is 8.64. The largest absolute Gasteiger partial charge is 0.500 e. The molecule has 0 fully saturated rings. The minimum Gasteiger partial charge on any atom is -0.500 e. The topological polar surface area (TPSA) is 51.8 Å². The quantitative estimate of drug-likeness (QED) is 0.166. The van der Waals surface area contributed by atoms with E-state index in [-0.39, 0.29) is 20.1 Å². The first-order chi connectivity index (χ1) is 24.1. The van der Waals surface area contributed by atoms with Gasteiger partial charge in [0.2, 0.25) is 0 Å².